The highest BCUT2D eigenvalue weighted by Crippen LogP contribution is 2.52. The Kier molecular flexibility index (Phi) is 5.74. The first-order chi connectivity index (χ1) is 15.8. The average molecular weight is 472 g/mol. The van der Waals surface area contributed by atoms with Gasteiger partial charge in [0.2, 0.25) is 0 Å². The number of ether oxygens (including phenoxy) is 1. The highest BCUT2D eigenvalue weighted by molar-refractivity contribution is 7.91. The normalized spacial score (nSPS) is 20.1. The Morgan fingerprint density at radius 1 is 1.12 bits per heavy atom. The maximum Gasteiger partial charge on any atom is 0.319 e. The SMILES string of the molecule is CS(=O)(=O)C1(c2cc(N3CCOCC3)nc(-c3ccc(NC(=O)NC4CCC4)cc3)n2)CC1. The zero-order valence-electron chi connectivity index (χ0n) is 18.7. The number of anilines is 2. The standard InChI is InChI=1S/C23H29N5O4S/c1-33(30,31)23(9-10-23)19-15-20(28-11-13-32-14-12-28)27-21(26-19)16-5-7-18(8-6-16)25-22(29)24-17-3-2-4-17/h5-8,15,17H,2-4,9-14H2,1H3,(H2,24,25,29). The van der Waals surface area contributed by atoms with Crippen LogP contribution in [0.5, 0.6) is 0 Å². The zero-order chi connectivity index (χ0) is 23.1. The number of hydrogen-bond acceptors (Lipinski definition) is 7. The molecule has 2 saturated carbocycles. The Morgan fingerprint density at radius 3 is 2.39 bits per heavy atom. The topological polar surface area (TPSA) is 114 Å². The van der Waals surface area contributed by atoms with Crippen molar-refractivity contribution < 1.29 is 17.9 Å². The number of nitrogens with zero attached hydrogens (tertiary/aromatic N) is 3. The average Bonchev–Trinajstić information content (AvgIpc) is 3.60. The van der Waals surface area contributed by atoms with Gasteiger partial charge in [-0.3, -0.25) is 0 Å². The molecule has 3 fully saturated rings. The molecule has 2 N–H and O–H groups in total. The number of hydrogen-bond donors (Lipinski definition) is 2. The van der Waals surface area contributed by atoms with Gasteiger partial charge in [0, 0.05) is 42.7 Å². The van der Waals surface area contributed by atoms with E-state index >= 15 is 0 Å². The van der Waals surface area contributed by atoms with E-state index in [0.717, 1.165) is 30.6 Å². The second-order valence-corrected chi connectivity index (χ2v) is 11.4. The van der Waals surface area contributed by atoms with Crippen LogP contribution >= 0.6 is 0 Å². The summed E-state index contributed by atoms with van der Waals surface area (Å²) in [6, 6.07) is 9.20. The van der Waals surface area contributed by atoms with Gasteiger partial charge in [-0.25, -0.2) is 23.2 Å². The second-order valence-electron chi connectivity index (χ2n) is 9.10. The largest absolute Gasteiger partial charge is 0.378 e. The van der Waals surface area contributed by atoms with Gasteiger partial charge in [-0.05, 0) is 56.4 Å². The lowest BCUT2D eigenvalue weighted by molar-refractivity contribution is 0.122. The van der Waals surface area contributed by atoms with Crippen LogP contribution in [0.4, 0.5) is 16.3 Å². The molecular weight excluding hydrogens is 442 g/mol. The number of benzene rings is 1. The van der Waals surface area contributed by atoms with Crippen molar-refractivity contribution in [3.8, 4) is 11.4 Å². The third-order valence-corrected chi connectivity index (χ3v) is 8.81. The quantitative estimate of drug-likeness (QED) is 0.666. The molecule has 3 aliphatic rings. The van der Waals surface area contributed by atoms with Crippen molar-refractivity contribution in [2.75, 3.05) is 42.8 Å². The second kappa shape index (κ2) is 8.57. The molecular formula is C23H29N5O4S. The molecule has 0 spiro atoms. The van der Waals surface area contributed by atoms with Gasteiger partial charge in [-0.1, -0.05) is 0 Å². The summed E-state index contributed by atoms with van der Waals surface area (Å²) in [6.07, 6.45) is 5.64. The van der Waals surface area contributed by atoms with Gasteiger partial charge in [0.15, 0.2) is 15.7 Å². The molecule has 33 heavy (non-hydrogen) atoms. The van der Waals surface area contributed by atoms with Crippen LogP contribution in [-0.2, 0) is 19.3 Å². The Hall–Kier alpha value is -2.72. The predicted octanol–water partition coefficient (Wildman–Crippen LogP) is 2.69. The fourth-order valence-electron chi connectivity index (χ4n) is 4.29. The van der Waals surface area contributed by atoms with Crippen molar-refractivity contribution in [1.29, 1.82) is 0 Å². The molecule has 0 atom stereocenters. The molecule has 0 radical (unpaired) electrons. The maximum atomic E-state index is 12.6. The number of rotatable bonds is 6. The van der Waals surface area contributed by atoms with Gasteiger partial charge < -0.3 is 20.3 Å². The van der Waals surface area contributed by atoms with Gasteiger partial charge in [-0.15, -0.1) is 0 Å². The summed E-state index contributed by atoms with van der Waals surface area (Å²) in [5.41, 5.74) is 1.99. The molecule has 1 aromatic heterocycles. The maximum absolute atomic E-state index is 12.6. The molecule has 5 rings (SSSR count). The number of amides is 2. The summed E-state index contributed by atoms with van der Waals surface area (Å²) in [5, 5.41) is 5.81. The van der Waals surface area contributed by atoms with E-state index in [1.54, 1.807) is 0 Å². The van der Waals surface area contributed by atoms with E-state index in [0.29, 0.717) is 56.4 Å². The van der Waals surface area contributed by atoms with Crippen LogP contribution in [0.25, 0.3) is 11.4 Å². The van der Waals surface area contributed by atoms with E-state index in [4.69, 9.17) is 14.7 Å². The summed E-state index contributed by atoms with van der Waals surface area (Å²) in [6.45, 7) is 2.60. The van der Waals surface area contributed by atoms with Crippen molar-refractivity contribution >= 4 is 27.4 Å². The highest BCUT2D eigenvalue weighted by atomic mass is 32.2. The third-order valence-electron chi connectivity index (χ3n) is 6.77. The van der Waals surface area contributed by atoms with Gasteiger partial charge in [0.25, 0.3) is 0 Å². The van der Waals surface area contributed by atoms with E-state index in [2.05, 4.69) is 15.5 Å². The minimum Gasteiger partial charge on any atom is -0.378 e. The molecule has 2 heterocycles. The van der Waals surface area contributed by atoms with Crippen LogP contribution in [-0.4, -0.2) is 63.0 Å². The molecule has 2 amide bonds. The van der Waals surface area contributed by atoms with Crippen molar-refractivity contribution in [3.63, 3.8) is 0 Å². The van der Waals surface area contributed by atoms with E-state index in [1.807, 2.05) is 30.3 Å². The highest BCUT2D eigenvalue weighted by Gasteiger charge is 2.55. The lowest BCUT2D eigenvalue weighted by Crippen LogP contribution is -2.41. The molecule has 9 nitrogen and oxygen atoms in total. The van der Waals surface area contributed by atoms with Crippen molar-refractivity contribution in [2.24, 2.45) is 0 Å². The molecule has 1 aromatic carbocycles. The Labute approximate surface area is 193 Å². The summed E-state index contributed by atoms with van der Waals surface area (Å²) >= 11 is 0. The molecule has 2 aromatic rings. The van der Waals surface area contributed by atoms with Crippen LogP contribution in [0, 0.1) is 0 Å². The van der Waals surface area contributed by atoms with Crippen molar-refractivity contribution in [2.45, 2.75) is 42.9 Å². The van der Waals surface area contributed by atoms with Crippen molar-refractivity contribution in [3.05, 3.63) is 36.0 Å². The lowest BCUT2D eigenvalue weighted by atomic mass is 9.93. The monoisotopic (exact) mass is 471 g/mol. The van der Waals surface area contributed by atoms with E-state index < -0.39 is 14.6 Å². The smallest absolute Gasteiger partial charge is 0.319 e. The van der Waals surface area contributed by atoms with Gasteiger partial charge >= 0.3 is 6.03 Å². The summed E-state index contributed by atoms with van der Waals surface area (Å²) in [7, 11) is -3.31. The Morgan fingerprint density at radius 2 is 1.82 bits per heavy atom. The van der Waals surface area contributed by atoms with E-state index in [1.165, 1.54) is 6.26 Å². The number of morpholine rings is 1. The summed E-state index contributed by atoms with van der Waals surface area (Å²) in [4.78, 5) is 23.7. The zero-order valence-corrected chi connectivity index (χ0v) is 19.5. The number of aromatic nitrogens is 2. The van der Waals surface area contributed by atoms with Crippen molar-refractivity contribution in [1.82, 2.24) is 15.3 Å². The third kappa shape index (κ3) is 4.54. The summed E-state index contributed by atoms with van der Waals surface area (Å²) in [5.74, 6) is 1.20. The first-order valence-corrected chi connectivity index (χ1v) is 13.3. The first kappa shape index (κ1) is 22.1. The number of nitrogens with one attached hydrogen (secondary N) is 2. The minimum absolute atomic E-state index is 0.205. The first-order valence-electron chi connectivity index (χ1n) is 11.4. The number of carbonyl (C=O) groups is 1. The molecule has 2 aliphatic carbocycles. The molecule has 1 aliphatic heterocycles. The molecule has 10 heteroatoms. The van der Waals surface area contributed by atoms with Crippen LogP contribution in [0.2, 0.25) is 0 Å². The van der Waals surface area contributed by atoms with Crippen LogP contribution in [0.3, 0.4) is 0 Å². The fourth-order valence-corrected chi connectivity index (χ4v) is 5.62. The number of sulfone groups is 1. The van der Waals surface area contributed by atoms with Gasteiger partial charge in [0.05, 0.1) is 18.9 Å². The molecule has 176 valence electrons. The van der Waals surface area contributed by atoms with Gasteiger partial charge in [-0.2, -0.15) is 0 Å². The number of carbonyl (C=O) groups excluding carboxylic acids is 1. The fraction of sp³-hybridized carbons (Fsp3) is 0.522. The predicted molar refractivity (Wildman–Crippen MR) is 126 cm³/mol. The molecule has 0 unspecified atom stereocenters. The van der Waals surface area contributed by atoms with Crippen LogP contribution < -0.4 is 15.5 Å². The lowest BCUT2D eigenvalue weighted by Gasteiger charge is -2.29. The van der Waals surface area contributed by atoms with Crippen LogP contribution in [0.1, 0.15) is 37.8 Å². The Balaban J connectivity index is 1.43. The minimum atomic E-state index is -3.31. The summed E-state index contributed by atoms with van der Waals surface area (Å²) < 4.78 is 29.7. The molecule has 1 saturated heterocycles. The number of urea groups is 1. The van der Waals surface area contributed by atoms with E-state index in [-0.39, 0.29) is 12.1 Å². The van der Waals surface area contributed by atoms with E-state index in [9.17, 15) is 13.2 Å². The van der Waals surface area contributed by atoms with Crippen LogP contribution in [0.15, 0.2) is 30.3 Å². The Bertz CT molecular complexity index is 1140. The van der Waals surface area contributed by atoms with Gasteiger partial charge in [0.1, 0.15) is 10.6 Å². The molecule has 0 bridgehead atoms.